The Kier molecular flexibility index (Phi) is 5.15. The van der Waals surface area contributed by atoms with Gasteiger partial charge in [-0.1, -0.05) is 12.1 Å². The molecule has 134 valence electrons. The molecule has 0 bridgehead atoms. The van der Waals surface area contributed by atoms with Crippen LogP contribution in [0.5, 0.6) is 17.2 Å². The van der Waals surface area contributed by atoms with E-state index in [0.717, 1.165) is 5.56 Å². The Hall–Kier alpha value is -2.25. The lowest BCUT2D eigenvalue weighted by Gasteiger charge is -2.27. The fourth-order valence-electron chi connectivity index (χ4n) is 2.80. The summed E-state index contributed by atoms with van der Waals surface area (Å²) in [7, 11) is -2.04. The number of sulfonamides is 1. The van der Waals surface area contributed by atoms with Gasteiger partial charge in [0.25, 0.3) is 0 Å². The number of rotatable bonds is 6. The number of para-hydroxylation sites is 1. The van der Waals surface area contributed by atoms with Crippen LogP contribution in [-0.2, 0) is 16.4 Å². The molecule has 1 aliphatic heterocycles. The summed E-state index contributed by atoms with van der Waals surface area (Å²) in [5.41, 5.74) is 0.921. The van der Waals surface area contributed by atoms with E-state index in [9.17, 15) is 8.42 Å². The molecule has 2 aromatic carbocycles. The molecule has 0 radical (unpaired) electrons. The van der Waals surface area contributed by atoms with Crippen LogP contribution in [0.1, 0.15) is 12.5 Å². The molecule has 7 heteroatoms. The molecule has 0 fully saturated rings. The van der Waals surface area contributed by atoms with Gasteiger partial charge in [-0.25, -0.2) is 13.1 Å². The van der Waals surface area contributed by atoms with Crippen LogP contribution < -0.4 is 18.9 Å². The molecule has 0 aliphatic carbocycles. The van der Waals surface area contributed by atoms with Crippen molar-refractivity contribution in [1.29, 1.82) is 0 Å². The van der Waals surface area contributed by atoms with E-state index in [2.05, 4.69) is 4.72 Å². The van der Waals surface area contributed by atoms with Gasteiger partial charge in [0, 0.05) is 0 Å². The Labute approximate surface area is 147 Å². The third-order valence-corrected chi connectivity index (χ3v) is 5.48. The lowest BCUT2D eigenvalue weighted by molar-refractivity contribution is 0.240. The number of nitrogens with one attached hydrogen (secondary N) is 1. The van der Waals surface area contributed by atoms with E-state index >= 15 is 0 Å². The van der Waals surface area contributed by atoms with E-state index in [1.165, 1.54) is 12.1 Å². The molecule has 1 atom stereocenters. The standard InChI is InChI=1S/C18H21NO5S/c1-3-23-15-7-9-16(10-8-15)25(20,21)19-14-11-13-5-4-6-17(22-2)18(13)24-12-14/h4-10,14,19H,3,11-12H2,1-2H3. The van der Waals surface area contributed by atoms with Gasteiger partial charge in [-0.05, 0) is 49.2 Å². The van der Waals surface area contributed by atoms with Crippen molar-refractivity contribution in [3.05, 3.63) is 48.0 Å². The molecule has 1 N–H and O–H groups in total. The molecule has 1 unspecified atom stereocenters. The van der Waals surface area contributed by atoms with E-state index in [-0.39, 0.29) is 17.5 Å². The molecular weight excluding hydrogens is 342 g/mol. The van der Waals surface area contributed by atoms with Crippen molar-refractivity contribution < 1.29 is 22.6 Å². The van der Waals surface area contributed by atoms with Crippen molar-refractivity contribution in [2.45, 2.75) is 24.3 Å². The van der Waals surface area contributed by atoms with Gasteiger partial charge in [-0.15, -0.1) is 0 Å². The SMILES string of the molecule is CCOc1ccc(S(=O)(=O)NC2COc3c(cccc3OC)C2)cc1. The van der Waals surface area contributed by atoms with Gasteiger partial charge in [0.1, 0.15) is 12.4 Å². The quantitative estimate of drug-likeness (QED) is 0.853. The summed E-state index contributed by atoms with van der Waals surface area (Å²) in [6.45, 7) is 2.67. The third-order valence-electron chi connectivity index (χ3n) is 3.94. The minimum absolute atomic E-state index is 0.201. The summed E-state index contributed by atoms with van der Waals surface area (Å²) in [5, 5.41) is 0. The Morgan fingerprint density at radius 1 is 1.20 bits per heavy atom. The average Bonchev–Trinajstić information content (AvgIpc) is 2.61. The van der Waals surface area contributed by atoms with Crippen molar-refractivity contribution in [3.8, 4) is 17.2 Å². The second kappa shape index (κ2) is 7.33. The van der Waals surface area contributed by atoms with Crippen LogP contribution in [0.15, 0.2) is 47.4 Å². The second-order valence-electron chi connectivity index (χ2n) is 5.69. The first-order valence-corrected chi connectivity index (χ1v) is 9.55. The molecule has 3 rings (SSSR count). The maximum atomic E-state index is 12.6. The van der Waals surface area contributed by atoms with Gasteiger partial charge < -0.3 is 14.2 Å². The maximum absolute atomic E-state index is 12.6. The fraction of sp³-hybridized carbons (Fsp3) is 0.333. The smallest absolute Gasteiger partial charge is 0.240 e. The first-order chi connectivity index (χ1) is 12.0. The number of fused-ring (bicyclic) bond motifs is 1. The highest BCUT2D eigenvalue weighted by molar-refractivity contribution is 7.89. The molecule has 2 aromatic rings. The summed E-state index contributed by atoms with van der Waals surface area (Å²) in [6, 6.07) is 11.6. The predicted octanol–water partition coefficient (Wildman–Crippen LogP) is 2.38. The van der Waals surface area contributed by atoms with Crippen molar-refractivity contribution in [1.82, 2.24) is 4.72 Å². The van der Waals surface area contributed by atoms with Gasteiger partial charge in [0.2, 0.25) is 10.0 Å². The average molecular weight is 363 g/mol. The molecular formula is C18H21NO5S. The van der Waals surface area contributed by atoms with E-state index in [0.29, 0.717) is 30.3 Å². The summed E-state index contributed by atoms with van der Waals surface area (Å²) >= 11 is 0. The molecule has 6 nitrogen and oxygen atoms in total. The van der Waals surface area contributed by atoms with Gasteiger partial charge in [-0.3, -0.25) is 0 Å². The first kappa shape index (κ1) is 17.6. The monoisotopic (exact) mass is 363 g/mol. The van der Waals surface area contributed by atoms with E-state index < -0.39 is 10.0 Å². The number of ether oxygens (including phenoxy) is 3. The second-order valence-corrected chi connectivity index (χ2v) is 7.40. The van der Waals surface area contributed by atoms with Crippen molar-refractivity contribution in [3.63, 3.8) is 0 Å². The molecule has 0 amide bonds. The minimum Gasteiger partial charge on any atom is -0.494 e. The first-order valence-electron chi connectivity index (χ1n) is 8.07. The number of methoxy groups -OCH3 is 1. The fourth-order valence-corrected chi connectivity index (χ4v) is 4.02. The van der Waals surface area contributed by atoms with Gasteiger partial charge in [0.05, 0.1) is 24.7 Å². The number of benzene rings is 2. The van der Waals surface area contributed by atoms with Crippen LogP contribution in [0.3, 0.4) is 0 Å². The Balaban J connectivity index is 1.73. The molecule has 1 aliphatic rings. The van der Waals surface area contributed by atoms with Crippen LogP contribution in [0, 0.1) is 0 Å². The molecule has 1 heterocycles. The van der Waals surface area contributed by atoms with E-state index in [4.69, 9.17) is 14.2 Å². The van der Waals surface area contributed by atoms with Crippen LogP contribution in [0.2, 0.25) is 0 Å². The van der Waals surface area contributed by atoms with Gasteiger partial charge in [0.15, 0.2) is 11.5 Å². The summed E-state index contributed by atoms with van der Waals surface area (Å²) in [4.78, 5) is 0.201. The van der Waals surface area contributed by atoms with Crippen molar-refractivity contribution in [2.24, 2.45) is 0 Å². The molecule has 0 spiro atoms. The maximum Gasteiger partial charge on any atom is 0.240 e. The van der Waals surface area contributed by atoms with Crippen LogP contribution >= 0.6 is 0 Å². The number of hydrogen-bond donors (Lipinski definition) is 1. The Bertz CT molecular complexity index is 833. The topological polar surface area (TPSA) is 73.9 Å². The van der Waals surface area contributed by atoms with Crippen LogP contribution in [0.4, 0.5) is 0 Å². The highest BCUT2D eigenvalue weighted by atomic mass is 32.2. The van der Waals surface area contributed by atoms with Gasteiger partial charge >= 0.3 is 0 Å². The Morgan fingerprint density at radius 2 is 1.96 bits per heavy atom. The van der Waals surface area contributed by atoms with Crippen molar-refractivity contribution in [2.75, 3.05) is 20.3 Å². The molecule has 0 saturated heterocycles. The summed E-state index contributed by atoms with van der Waals surface area (Å²) in [6.07, 6.45) is 0.544. The van der Waals surface area contributed by atoms with Crippen LogP contribution in [0.25, 0.3) is 0 Å². The molecule has 0 saturated carbocycles. The van der Waals surface area contributed by atoms with E-state index in [1.54, 1.807) is 19.2 Å². The van der Waals surface area contributed by atoms with E-state index in [1.807, 2.05) is 25.1 Å². The largest absolute Gasteiger partial charge is 0.494 e. The molecule has 0 aromatic heterocycles. The zero-order valence-corrected chi connectivity index (χ0v) is 15.0. The highest BCUT2D eigenvalue weighted by Crippen LogP contribution is 2.34. The highest BCUT2D eigenvalue weighted by Gasteiger charge is 2.27. The zero-order valence-electron chi connectivity index (χ0n) is 14.2. The summed E-state index contributed by atoms with van der Waals surface area (Å²) < 4.78 is 44.2. The molecule has 25 heavy (non-hydrogen) atoms. The zero-order chi connectivity index (χ0) is 17.9. The third kappa shape index (κ3) is 3.88. The normalized spacial score (nSPS) is 16.6. The summed E-state index contributed by atoms with van der Waals surface area (Å²) in [5.74, 6) is 1.98. The van der Waals surface area contributed by atoms with Crippen LogP contribution in [-0.4, -0.2) is 34.8 Å². The minimum atomic E-state index is -3.63. The van der Waals surface area contributed by atoms with Crippen molar-refractivity contribution >= 4 is 10.0 Å². The lowest BCUT2D eigenvalue weighted by atomic mass is 10.0. The van der Waals surface area contributed by atoms with Gasteiger partial charge in [-0.2, -0.15) is 0 Å². The lowest BCUT2D eigenvalue weighted by Crippen LogP contribution is -2.42. The predicted molar refractivity (Wildman–Crippen MR) is 93.9 cm³/mol. The number of hydrogen-bond acceptors (Lipinski definition) is 5. The Morgan fingerprint density at radius 3 is 2.64 bits per heavy atom.